The first-order valence-electron chi connectivity index (χ1n) is 3.37. The van der Waals surface area contributed by atoms with E-state index >= 15 is 0 Å². The number of pyridine rings is 1. The summed E-state index contributed by atoms with van der Waals surface area (Å²) in [6, 6.07) is 3.66. The summed E-state index contributed by atoms with van der Waals surface area (Å²) in [5.41, 5.74) is 7.11. The van der Waals surface area contributed by atoms with Crippen LogP contribution in [0.3, 0.4) is 0 Å². The SMILES string of the molecule is CO.CO.Cc1ncccc1N. The van der Waals surface area contributed by atoms with Gasteiger partial charge in [-0.1, -0.05) is 0 Å². The lowest BCUT2D eigenvalue weighted by atomic mass is 10.3. The zero-order valence-electron chi connectivity index (χ0n) is 7.65. The number of rotatable bonds is 0. The van der Waals surface area contributed by atoms with Crippen LogP contribution in [0.15, 0.2) is 18.3 Å². The van der Waals surface area contributed by atoms with Gasteiger partial charge in [0.2, 0.25) is 0 Å². The Balaban J connectivity index is 0. The van der Waals surface area contributed by atoms with Crippen molar-refractivity contribution >= 4 is 5.69 Å². The van der Waals surface area contributed by atoms with Crippen molar-refractivity contribution in [1.82, 2.24) is 4.98 Å². The summed E-state index contributed by atoms with van der Waals surface area (Å²) in [6.45, 7) is 1.88. The average Bonchev–Trinajstić information content (AvgIpc) is 2.17. The van der Waals surface area contributed by atoms with Crippen LogP contribution in [0.1, 0.15) is 5.69 Å². The first-order chi connectivity index (χ1) is 5.80. The number of aryl methyl sites for hydroxylation is 1. The van der Waals surface area contributed by atoms with Crippen LogP contribution in [-0.4, -0.2) is 29.4 Å². The molecule has 12 heavy (non-hydrogen) atoms. The topological polar surface area (TPSA) is 79.4 Å². The zero-order valence-corrected chi connectivity index (χ0v) is 7.65. The molecule has 0 unspecified atom stereocenters. The van der Waals surface area contributed by atoms with Gasteiger partial charge in [0, 0.05) is 20.4 Å². The van der Waals surface area contributed by atoms with Crippen molar-refractivity contribution in [2.45, 2.75) is 6.92 Å². The fourth-order valence-electron chi connectivity index (χ4n) is 0.497. The average molecular weight is 172 g/mol. The molecule has 0 aliphatic heterocycles. The van der Waals surface area contributed by atoms with E-state index in [1.165, 1.54) is 0 Å². The van der Waals surface area contributed by atoms with Gasteiger partial charge in [-0.05, 0) is 19.1 Å². The third-order valence-corrected chi connectivity index (χ3v) is 1.05. The van der Waals surface area contributed by atoms with E-state index in [0.29, 0.717) is 0 Å². The van der Waals surface area contributed by atoms with Gasteiger partial charge in [-0.3, -0.25) is 4.98 Å². The Morgan fingerprint density at radius 1 is 1.25 bits per heavy atom. The normalized spacial score (nSPS) is 7.08. The highest BCUT2D eigenvalue weighted by atomic mass is 16.2. The van der Waals surface area contributed by atoms with Crippen LogP contribution in [0.25, 0.3) is 0 Å². The van der Waals surface area contributed by atoms with Crippen LogP contribution in [0.2, 0.25) is 0 Å². The number of nitrogens with two attached hydrogens (primary N) is 1. The van der Waals surface area contributed by atoms with E-state index in [2.05, 4.69) is 4.98 Å². The molecule has 1 aromatic heterocycles. The number of anilines is 1. The minimum atomic E-state index is 0.757. The molecule has 70 valence electrons. The standard InChI is InChI=1S/C6H8N2.2CH4O/c1-5-6(7)3-2-4-8-5;2*1-2/h2-4H,7H2,1H3;2*2H,1H3. The van der Waals surface area contributed by atoms with Crippen molar-refractivity contribution in [3.63, 3.8) is 0 Å². The van der Waals surface area contributed by atoms with Gasteiger partial charge in [-0.2, -0.15) is 0 Å². The van der Waals surface area contributed by atoms with Crippen molar-refractivity contribution in [3.8, 4) is 0 Å². The van der Waals surface area contributed by atoms with Gasteiger partial charge in [0.25, 0.3) is 0 Å². The molecule has 0 amide bonds. The van der Waals surface area contributed by atoms with Crippen molar-refractivity contribution in [2.24, 2.45) is 0 Å². The summed E-state index contributed by atoms with van der Waals surface area (Å²) in [5, 5.41) is 14.0. The van der Waals surface area contributed by atoms with E-state index in [9.17, 15) is 0 Å². The maximum absolute atomic E-state index is 7.00. The van der Waals surface area contributed by atoms with Crippen LogP contribution in [0.4, 0.5) is 5.69 Å². The largest absolute Gasteiger partial charge is 0.400 e. The highest BCUT2D eigenvalue weighted by Gasteiger charge is 1.86. The monoisotopic (exact) mass is 172 g/mol. The summed E-state index contributed by atoms with van der Waals surface area (Å²) < 4.78 is 0. The Kier molecular flexibility index (Phi) is 11.1. The maximum Gasteiger partial charge on any atom is 0.0601 e. The summed E-state index contributed by atoms with van der Waals surface area (Å²) in [7, 11) is 2.00. The Hall–Kier alpha value is -1.13. The molecule has 0 saturated heterocycles. The molecule has 4 N–H and O–H groups in total. The molecule has 0 aliphatic rings. The van der Waals surface area contributed by atoms with Gasteiger partial charge in [0.05, 0.1) is 11.4 Å². The fraction of sp³-hybridized carbons (Fsp3) is 0.375. The summed E-state index contributed by atoms with van der Waals surface area (Å²) in [4.78, 5) is 3.95. The van der Waals surface area contributed by atoms with Gasteiger partial charge in [0.15, 0.2) is 0 Å². The first-order valence-corrected chi connectivity index (χ1v) is 3.37. The maximum atomic E-state index is 7.00. The second-order valence-corrected chi connectivity index (χ2v) is 1.68. The van der Waals surface area contributed by atoms with E-state index in [1.54, 1.807) is 6.20 Å². The lowest BCUT2D eigenvalue weighted by Gasteiger charge is -1.92. The van der Waals surface area contributed by atoms with Gasteiger partial charge in [-0.25, -0.2) is 0 Å². The summed E-state index contributed by atoms with van der Waals surface area (Å²) in [6.07, 6.45) is 1.73. The second-order valence-electron chi connectivity index (χ2n) is 1.68. The molecule has 0 fully saturated rings. The number of nitrogen functional groups attached to an aromatic ring is 1. The van der Waals surface area contributed by atoms with Crippen LogP contribution < -0.4 is 5.73 Å². The summed E-state index contributed by atoms with van der Waals surface area (Å²) >= 11 is 0. The van der Waals surface area contributed by atoms with Crippen LogP contribution >= 0.6 is 0 Å². The number of hydrogen-bond acceptors (Lipinski definition) is 4. The van der Waals surface area contributed by atoms with Crippen LogP contribution in [0.5, 0.6) is 0 Å². The van der Waals surface area contributed by atoms with Crippen LogP contribution in [0, 0.1) is 6.92 Å². The summed E-state index contributed by atoms with van der Waals surface area (Å²) in [5.74, 6) is 0. The Morgan fingerprint density at radius 2 is 1.75 bits per heavy atom. The molecule has 1 rings (SSSR count). The van der Waals surface area contributed by atoms with Gasteiger partial charge < -0.3 is 15.9 Å². The minimum absolute atomic E-state index is 0.757. The van der Waals surface area contributed by atoms with E-state index in [0.717, 1.165) is 25.6 Å². The third kappa shape index (κ3) is 5.64. The molecule has 0 aliphatic carbocycles. The zero-order chi connectivity index (χ0) is 9.98. The molecular weight excluding hydrogens is 156 g/mol. The molecule has 1 aromatic rings. The lowest BCUT2D eigenvalue weighted by molar-refractivity contribution is 0.399. The highest BCUT2D eigenvalue weighted by molar-refractivity contribution is 5.40. The lowest BCUT2D eigenvalue weighted by Crippen LogP contribution is -1.89. The first kappa shape index (κ1) is 13.5. The second kappa shape index (κ2) is 9.87. The Labute approximate surface area is 72.7 Å². The van der Waals surface area contributed by atoms with E-state index in [1.807, 2.05) is 19.1 Å². The molecule has 0 bridgehead atoms. The molecule has 0 spiro atoms. The Bertz CT molecular complexity index is 171. The quantitative estimate of drug-likeness (QED) is 0.522. The number of aliphatic hydroxyl groups is 2. The van der Waals surface area contributed by atoms with Crippen molar-refractivity contribution < 1.29 is 10.2 Å². The van der Waals surface area contributed by atoms with Crippen molar-refractivity contribution in [2.75, 3.05) is 20.0 Å². The predicted octanol–water partition coefficient (Wildman–Crippen LogP) is 0.189. The molecule has 1 heterocycles. The molecular formula is C8H16N2O2. The molecule has 4 nitrogen and oxygen atoms in total. The minimum Gasteiger partial charge on any atom is -0.400 e. The molecule has 4 heteroatoms. The van der Waals surface area contributed by atoms with Crippen molar-refractivity contribution in [3.05, 3.63) is 24.0 Å². The van der Waals surface area contributed by atoms with E-state index in [4.69, 9.17) is 15.9 Å². The molecule has 0 radical (unpaired) electrons. The highest BCUT2D eigenvalue weighted by Crippen LogP contribution is 2.02. The fourth-order valence-corrected chi connectivity index (χ4v) is 0.497. The van der Waals surface area contributed by atoms with Gasteiger partial charge in [-0.15, -0.1) is 0 Å². The van der Waals surface area contributed by atoms with Gasteiger partial charge >= 0.3 is 0 Å². The number of aliphatic hydroxyl groups excluding tert-OH is 2. The van der Waals surface area contributed by atoms with E-state index < -0.39 is 0 Å². The predicted molar refractivity (Wildman–Crippen MR) is 49.7 cm³/mol. The van der Waals surface area contributed by atoms with Gasteiger partial charge in [0.1, 0.15) is 0 Å². The smallest absolute Gasteiger partial charge is 0.0601 e. The van der Waals surface area contributed by atoms with Crippen molar-refractivity contribution in [1.29, 1.82) is 0 Å². The number of hydrogen-bond donors (Lipinski definition) is 3. The Morgan fingerprint density at radius 3 is 2.00 bits per heavy atom. The molecule has 0 atom stereocenters. The number of nitrogens with zero attached hydrogens (tertiary/aromatic N) is 1. The van der Waals surface area contributed by atoms with Crippen LogP contribution in [-0.2, 0) is 0 Å². The molecule has 0 aromatic carbocycles. The van der Waals surface area contributed by atoms with E-state index in [-0.39, 0.29) is 0 Å². The third-order valence-electron chi connectivity index (χ3n) is 1.05. The molecule has 0 saturated carbocycles. The number of aromatic nitrogens is 1.